The number of hydrogen-bond donors (Lipinski definition) is 1. The maximum atomic E-state index is 10.5. The second-order valence-electron chi connectivity index (χ2n) is 3.60. The van der Waals surface area contributed by atoms with E-state index in [-0.39, 0.29) is 12.6 Å². The molecule has 0 aliphatic rings. The van der Waals surface area contributed by atoms with Gasteiger partial charge in [0.05, 0.1) is 6.61 Å². The van der Waals surface area contributed by atoms with Crippen LogP contribution in [0.1, 0.15) is 33.6 Å². The molecule has 0 aliphatic heterocycles. The van der Waals surface area contributed by atoms with Gasteiger partial charge in [0, 0.05) is 6.92 Å². The zero-order chi connectivity index (χ0) is 11.7. The molecule has 0 aromatic rings. The van der Waals surface area contributed by atoms with Gasteiger partial charge < -0.3 is 9.84 Å². The van der Waals surface area contributed by atoms with Crippen LogP contribution in [0.25, 0.3) is 0 Å². The minimum atomic E-state index is -0.255. The van der Waals surface area contributed by atoms with Crippen molar-refractivity contribution in [1.82, 2.24) is 0 Å². The van der Waals surface area contributed by atoms with Gasteiger partial charge in [0.1, 0.15) is 6.61 Å². The molecule has 0 amide bonds. The number of aliphatic hydroxyl groups is 1. The van der Waals surface area contributed by atoms with Gasteiger partial charge >= 0.3 is 5.97 Å². The van der Waals surface area contributed by atoms with Crippen molar-refractivity contribution >= 4 is 5.97 Å². The first kappa shape index (κ1) is 13.9. The molecule has 0 aromatic carbocycles. The topological polar surface area (TPSA) is 46.5 Å². The average Bonchev–Trinajstić information content (AvgIpc) is 2.17. The van der Waals surface area contributed by atoms with E-state index < -0.39 is 0 Å². The molecule has 0 atom stereocenters. The minimum absolute atomic E-state index is 0.121. The molecule has 0 saturated heterocycles. The Balaban J connectivity index is 3.73. The molecule has 1 N–H and O–H groups in total. The summed E-state index contributed by atoms with van der Waals surface area (Å²) in [5.41, 5.74) is 2.18. The zero-order valence-corrected chi connectivity index (χ0v) is 9.75. The van der Waals surface area contributed by atoms with E-state index in [9.17, 15) is 4.79 Å². The highest BCUT2D eigenvalue weighted by molar-refractivity contribution is 5.66. The molecule has 0 radical (unpaired) electrons. The molecule has 0 bridgehead atoms. The van der Waals surface area contributed by atoms with Gasteiger partial charge in [-0.3, -0.25) is 4.79 Å². The van der Waals surface area contributed by atoms with Crippen LogP contribution in [0.3, 0.4) is 0 Å². The minimum Gasteiger partial charge on any atom is -0.462 e. The van der Waals surface area contributed by atoms with Crippen molar-refractivity contribution in [2.75, 3.05) is 13.2 Å². The molecule has 0 aliphatic carbocycles. The summed E-state index contributed by atoms with van der Waals surface area (Å²) in [5, 5.41) is 8.76. The molecule has 0 fully saturated rings. The molecule has 0 rings (SSSR count). The van der Waals surface area contributed by atoms with Crippen molar-refractivity contribution in [2.24, 2.45) is 0 Å². The smallest absolute Gasteiger partial charge is 0.302 e. The predicted molar refractivity (Wildman–Crippen MR) is 60.5 cm³/mol. The third kappa shape index (κ3) is 9.22. The summed E-state index contributed by atoms with van der Waals surface area (Å²) in [4.78, 5) is 10.5. The van der Waals surface area contributed by atoms with E-state index >= 15 is 0 Å². The lowest BCUT2D eigenvalue weighted by Crippen LogP contribution is -1.98. The summed E-state index contributed by atoms with van der Waals surface area (Å²) < 4.78 is 4.79. The maximum Gasteiger partial charge on any atom is 0.302 e. The first-order chi connectivity index (χ1) is 7.06. The largest absolute Gasteiger partial charge is 0.462 e. The molecule has 0 aromatic heterocycles. The number of aliphatic hydroxyl groups excluding tert-OH is 1. The third-order valence-corrected chi connectivity index (χ3v) is 2.00. The molecule has 86 valence electrons. The standard InChI is InChI=1S/C12H20O3/c1-10(7-8-15-12(3)14)5-4-6-11(2)9-13/h6-7,13H,4-5,8-9H2,1-3H3/b10-7+,11-6-. The van der Waals surface area contributed by atoms with Crippen LogP contribution in [0.4, 0.5) is 0 Å². The molecule has 15 heavy (non-hydrogen) atoms. The summed E-state index contributed by atoms with van der Waals surface area (Å²) in [6.45, 7) is 5.78. The predicted octanol–water partition coefficient (Wildman–Crippen LogP) is 2.21. The molecule has 0 unspecified atom stereocenters. The van der Waals surface area contributed by atoms with Crippen LogP contribution in [-0.4, -0.2) is 24.3 Å². The SMILES string of the molecule is CC(=O)OC/C=C(\C)CC/C=C(/C)CO. The van der Waals surface area contributed by atoms with Crippen molar-refractivity contribution in [3.05, 3.63) is 23.3 Å². The lowest BCUT2D eigenvalue weighted by atomic mass is 10.1. The van der Waals surface area contributed by atoms with Gasteiger partial charge in [0.25, 0.3) is 0 Å². The summed E-state index contributed by atoms with van der Waals surface area (Å²) in [7, 11) is 0. The normalized spacial score (nSPS) is 12.8. The summed E-state index contributed by atoms with van der Waals surface area (Å²) in [6, 6.07) is 0. The Bertz CT molecular complexity index is 252. The number of esters is 1. The summed E-state index contributed by atoms with van der Waals surface area (Å²) >= 11 is 0. The zero-order valence-electron chi connectivity index (χ0n) is 9.75. The fraction of sp³-hybridized carbons (Fsp3) is 0.583. The Labute approximate surface area is 91.4 Å². The van der Waals surface area contributed by atoms with E-state index in [0.29, 0.717) is 6.61 Å². The van der Waals surface area contributed by atoms with E-state index in [1.165, 1.54) is 12.5 Å². The van der Waals surface area contributed by atoms with Crippen LogP contribution in [0.2, 0.25) is 0 Å². The van der Waals surface area contributed by atoms with E-state index in [0.717, 1.165) is 18.4 Å². The van der Waals surface area contributed by atoms with Crippen molar-refractivity contribution in [3.63, 3.8) is 0 Å². The Morgan fingerprint density at radius 1 is 1.20 bits per heavy atom. The number of rotatable bonds is 6. The highest BCUT2D eigenvalue weighted by Crippen LogP contribution is 2.06. The lowest BCUT2D eigenvalue weighted by molar-refractivity contribution is -0.139. The van der Waals surface area contributed by atoms with Gasteiger partial charge in [-0.2, -0.15) is 0 Å². The molecule has 0 heterocycles. The monoisotopic (exact) mass is 212 g/mol. The third-order valence-electron chi connectivity index (χ3n) is 2.00. The summed E-state index contributed by atoms with van der Waals surface area (Å²) in [5.74, 6) is -0.255. The molecular weight excluding hydrogens is 192 g/mol. The van der Waals surface area contributed by atoms with Crippen LogP contribution < -0.4 is 0 Å². The van der Waals surface area contributed by atoms with Gasteiger partial charge in [0.2, 0.25) is 0 Å². The van der Waals surface area contributed by atoms with E-state index in [1.54, 1.807) is 0 Å². The van der Waals surface area contributed by atoms with Gasteiger partial charge in [-0.1, -0.05) is 17.2 Å². The van der Waals surface area contributed by atoms with Gasteiger partial charge in [0.15, 0.2) is 0 Å². The Morgan fingerprint density at radius 3 is 2.40 bits per heavy atom. The Morgan fingerprint density at radius 2 is 1.87 bits per heavy atom. The van der Waals surface area contributed by atoms with E-state index in [4.69, 9.17) is 9.84 Å². The second kappa shape index (κ2) is 8.24. The number of carbonyl (C=O) groups is 1. The maximum absolute atomic E-state index is 10.5. The first-order valence-corrected chi connectivity index (χ1v) is 5.11. The quantitative estimate of drug-likeness (QED) is 0.542. The van der Waals surface area contributed by atoms with Crippen molar-refractivity contribution < 1.29 is 14.6 Å². The van der Waals surface area contributed by atoms with Crippen LogP contribution >= 0.6 is 0 Å². The number of allylic oxidation sites excluding steroid dienone is 2. The summed E-state index contributed by atoms with van der Waals surface area (Å²) in [6.07, 6.45) is 5.76. The Hall–Kier alpha value is -1.09. The van der Waals surface area contributed by atoms with Gasteiger partial charge in [-0.25, -0.2) is 0 Å². The average molecular weight is 212 g/mol. The fourth-order valence-electron chi connectivity index (χ4n) is 1.01. The molecular formula is C12H20O3. The number of ether oxygens (including phenoxy) is 1. The molecule has 3 heteroatoms. The van der Waals surface area contributed by atoms with Gasteiger partial charge in [-0.15, -0.1) is 0 Å². The van der Waals surface area contributed by atoms with Gasteiger partial charge in [-0.05, 0) is 32.8 Å². The van der Waals surface area contributed by atoms with Crippen LogP contribution in [0.15, 0.2) is 23.3 Å². The Kier molecular flexibility index (Phi) is 7.64. The lowest BCUT2D eigenvalue weighted by Gasteiger charge is -2.00. The van der Waals surface area contributed by atoms with Crippen molar-refractivity contribution in [1.29, 1.82) is 0 Å². The number of carbonyl (C=O) groups excluding carboxylic acids is 1. The van der Waals surface area contributed by atoms with Crippen molar-refractivity contribution in [2.45, 2.75) is 33.6 Å². The van der Waals surface area contributed by atoms with Crippen LogP contribution in [0, 0.1) is 0 Å². The van der Waals surface area contributed by atoms with Crippen molar-refractivity contribution in [3.8, 4) is 0 Å². The van der Waals surface area contributed by atoms with Crippen LogP contribution in [0.5, 0.6) is 0 Å². The first-order valence-electron chi connectivity index (χ1n) is 5.11. The van der Waals surface area contributed by atoms with E-state index in [2.05, 4.69) is 0 Å². The highest BCUT2D eigenvalue weighted by atomic mass is 16.5. The highest BCUT2D eigenvalue weighted by Gasteiger charge is 1.92. The molecule has 0 saturated carbocycles. The van der Waals surface area contributed by atoms with Crippen LogP contribution in [-0.2, 0) is 9.53 Å². The molecule has 0 spiro atoms. The van der Waals surface area contributed by atoms with E-state index in [1.807, 2.05) is 26.0 Å². The fourth-order valence-corrected chi connectivity index (χ4v) is 1.01. The second-order valence-corrected chi connectivity index (χ2v) is 3.60. The molecule has 3 nitrogen and oxygen atoms in total. The number of hydrogen-bond acceptors (Lipinski definition) is 3.